The molecule has 1 aliphatic rings. The van der Waals surface area contributed by atoms with Crippen molar-refractivity contribution in [2.24, 2.45) is 11.7 Å². The number of nitrogens with two attached hydrogens (primary N) is 1. The predicted octanol–water partition coefficient (Wildman–Crippen LogP) is 0.962. The van der Waals surface area contributed by atoms with E-state index in [1.54, 1.807) is 12.0 Å². The Morgan fingerprint density at radius 2 is 2.20 bits per heavy atom. The molecule has 0 radical (unpaired) electrons. The number of amides is 2. The maximum atomic E-state index is 11.9. The molecule has 1 aromatic carbocycles. The molecule has 0 bridgehead atoms. The summed E-state index contributed by atoms with van der Waals surface area (Å²) in [5, 5.41) is 0. The molecule has 1 aromatic rings. The molecule has 0 aromatic heterocycles. The molecule has 2 N–H and O–H groups in total. The van der Waals surface area contributed by atoms with Crippen LogP contribution in [0.25, 0.3) is 0 Å². The van der Waals surface area contributed by atoms with Crippen molar-refractivity contribution in [3.63, 3.8) is 0 Å². The first-order valence-electron chi connectivity index (χ1n) is 6.80. The Kier molecular flexibility index (Phi) is 4.61. The minimum atomic E-state index is -0.320. The Morgan fingerprint density at radius 3 is 2.90 bits per heavy atom. The molecule has 2 rings (SSSR count). The van der Waals surface area contributed by atoms with Gasteiger partial charge in [0.25, 0.3) is 0 Å². The van der Waals surface area contributed by atoms with E-state index in [1.165, 1.54) is 0 Å². The summed E-state index contributed by atoms with van der Waals surface area (Å²) in [4.78, 5) is 24.9. The van der Waals surface area contributed by atoms with Crippen LogP contribution in [0.5, 0.6) is 5.75 Å². The topological polar surface area (TPSA) is 72.6 Å². The third-order valence-electron chi connectivity index (χ3n) is 3.75. The van der Waals surface area contributed by atoms with Gasteiger partial charge in [0.1, 0.15) is 5.75 Å². The minimum Gasteiger partial charge on any atom is -0.496 e. The van der Waals surface area contributed by atoms with Crippen molar-refractivity contribution >= 4 is 11.8 Å². The second-order valence-electron chi connectivity index (χ2n) is 5.04. The number of piperidine rings is 1. The van der Waals surface area contributed by atoms with Gasteiger partial charge in [0, 0.05) is 19.5 Å². The summed E-state index contributed by atoms with van der Waals surface area (Å²) in [6.07, 6.45) is 1.68. The normalized spacial score (nSPS) is 18.9. The van der Waals surface area contributed by atoms with Crippen molar-refractivity contribution in [3.05, 3.63) is 29.8 Å². The van der Waals surface area contributed by atoms with Crippen LogP contribution in [-0.2, 0) is 16.0 Å². The van der Waals surface area contributed by atoms with Gasteiger partial charge in [0.2, 0.25) is 11.8 Å². The highest BCUT2D eigenvalue weighted by molar-refractivity contribution is 5.82. The van der Waals surface area contributed by atoms with Crippen molar-refractivity contribution in [3.8, 4) is 5.75 Å². The van der Waals surface area contributed by atoms with Gasteiger partial charge in [-0.15, -0.1) is 0 Å². The molecular formula is C15H20N2O3. The monoisotopic (exact) mass is 276 g/mol. The Hall–Kier alpha value is -2.04. The van der Waals surface area contributed by atoms with Gasteiger partial charge in [-0.1, -0.05) is 18.2 Å². The minimum absolute atomic E-state index is 0.0948. The summed E-state index contributed by atoms with van der Waals surface area (Å²) in [5.41, 5.74) is 6.39. The fraction of sp³-hybridized carbons (Fsp3) is 0.467. The van der Waals surface area contributed by atoms with Crippen molar-refractivity contribution in [1.82, 2.24) is 4.90 Å². The number of likely N-dealkylation sites (tertiary alicyclic amines) is 1. The Labute approximate surface area is 118 Å². The number of methoxy groups -OCH3 is 1. The summed E-state index contributed by atoms with van der Waals surface area (Å²) >= 11 is 0. The van der Waals surface area contributed by atoms with Crippen LogP contribution in [0.3, 0.4) is 0 Å². The lowest BCUT2D eigenvalue weighted by molar-refractivity contribution is -0.137. The molecule has 1 saturated heterocycles. The van der Waals surface area contributed by atoms with Crippen LogP contribution in [0.2, 0.25) is 0 Å². The van der Waals surface area contributed by atoms with Crippen LogP contribution in [0.15, 0.2) is 24.3 Å². The second-order valence-corrected chi connectivity index (χ2v) is 5.04. The van der Waals surface area contributed by atoms with E-state index in [0.29, 0.717) is 32.4 Å². The molecule has 5 nitrogen and oxygen atoms in total. The molecule has 0 unspecified atom stereocenters. The maximum absolute atomic E-state index is 11.9. The van der Waals surface area contributed by atoms with Crippen LogP contribution >= 0.6 is 0 Å². The van der Waals surface area contributed by atoms with E-state index < -0.39 is 0 Å². The van der Waals surface area contributed by atoms with E-state index in [4.69, 9.17) is 10.5 Å². The van der Waals surface area contributed by atoms with Gasteiger partial charge in [-0.05, 0) is 24.5 Å². The molecule has 0 spiro atoms. The number of hydrogen-bond acceptors (Lipinski definition) is 3. The number of nitrogens with zero attached hydrogens (tertiary/aromatic N) is 1. The fourth-order valence-electron chi connectivity index (χ4n) is 2.53. The molecular weight excluding hydrogens is 256 g/mol. The van der Waals surface area contributed by atoms with Gasteiger partial charge in [-0.2, -0.15) is 0 Å². The van der Waals surface area contributed by atoms with Gasteiger partial charge in [-0.25, -0.2) is 0 Å². The standard InChI is InChI=1S/C15H20N2O3/c1-20-13-5-3-2-4-11(13)8-9-17-10-12(15(16)19)6-7-14(17)18/h2-5,12H,6-10H2,1H3,(H2,16,19)/t12-/m0/s1. The van der Waals surface area contributed by atoms with E-state index in [9.17, 15) is 9.59 Å². The van der Waals surface area contributed by atoms with E-state index >= 15 is 0 Å². The van der Waals surface area contributed by atoms with Crippen molar-refractivity contribution < 1.29 is 14.3 Å². The molecule has 1 atom stereocenters. The Bertz CT molecular complexity index is 502. The highest BCUT2D eigenvalue weighted by Gasteiger charge is 2.28. The van der Waals surface area contributed by atoms with Gasteiger partial charge >= 0.3 is 0 Å². The molecule has 2 amide bonds. The van der Waals surface area contributed by atoms with Crippen LogP contribution < -0.4 is 10.5 Å². The zero-order chi connectivity index (χ0) is 14.5. The summed E-state index contributed by atoms with van der Waals surface area (Å²) in [6, 6.07) is 7.75. The SMILES string of the molecule is COc1ccccc1CCN1C[C@@H](C(N)=O)CCC1=O. The third-order valence-corrected chi connectivity index (χ3v) is 3.75. The van der Waals surface area contributed by atoms with Gasteiger partial charge in [0.05, 0.1) is 13.0 Å². The van der Waals surface area contributed by atoms with Crippen LogP contribution in [0, 0.1) is 5.92 Å². The lowest BCUT2D eigenvalue weighted by atomic mass is 9.96. The highest BCUT2D eigenvalue weighted by Crippen LogP contribution is 2.21. The maximum Gasteiger partial charge on any atom is 0.222 e. The quantitative estimate of drug-likeness (QED) is 0.870. The van der Waals surface area contributed by atoms with Crippen molar-refractivity contribution in [2.45, 2.75) is 19.3 Å². The van der Waals surface area contributed by atoms with Gasteiger partial charge in [-0.3, -0.25) is 9.59 Å². The molecule has 0 saturated carbocycles. The lowest BCUT2D eigenvalue weighted by Crippen LogP contribution is -2.45. The average molecular weight is 276 g/mol. The molecule has 5 heteroatoms. The highest BCUT2D eigenvalue weighted by atomic mass is 16.5. The zero-order valence-corrected chi connectivity index (χ0v) is 11.7. The lowest BCUT2D eigenvalue weighted by Gasteiger charge is -2.31. The summed E-state index contributed by atoms with van der Waals surface area (Å²) < 4.78 is 5.29. The third kappa shape index (κ3) is 3.29. The number of carbonyl (C=O) groups excluding carboxylic acids is 2. The first-order chi connectivity index (χ1) is 9.61. The number of hydrogen-bond donors (Lipinski definition) is 1. The van der Waals surface area contributed by atoms with Gasteiger partial charge in [0.15, 0.2) is 0 Å². The Morgan fingerprint density at radius 1 is 1.45 bits per heavy atom. The smallest absolute Gasteiger partial charge is 0.222 e. The summed E-state index contributed by atoms with van der Waals surface area (Å²) in [6.45, 7) is 1.02. The number of ether oxygens (including phenoxy) is 1. The van der Waals surface area contributed by atoms with Gasteiger partial charge < -0.3 is 15.4 Å². The molecule has 1 fully saturated rings. The largest absolute Gasteiger partial charge is 0.496 e. The molecule has 1 heterocycles. The summed E-state index contributed by atoms with van der Waals surface area (Å²) in [5.74, 6) is 0.381. The molecule has 20 heavy (non-hydrogen) atoms. The summed E-state index contributed by atoms with van der Waals surface area (Å²) in [7, 11) is 1.63. The number of benzene rings is 1. The van der Waals surface area contributed by atoms with Crippen molar-refractivity contribution in [2.75, 3.05) is 20.2 Å². The van der Waals surface area contributed by atoms with Crippen LogP contribution in [0.4, 0.5) is 0 Å². The predicted molar refractivity (Wildman–Crippen MR) is 75.2 cm³/mol. The van der Waals surface area contributed by atoms with E-state index in [0.717, 1.165) is 11.3 Å². The zero-order valence-electron chi connectivity index (χ0n) is 11.7. The molecule has 0 aliphatic carbocycles. The Balaban J connectivity index is 1.98. The molecule has 108 valence electrons. The van der Waals surface area contributed by atoms with E-state index in [-0.39, 0.29) is 17.7 Å². The number of carbonyl (C=O) groups is 2. The van der Waals surface area contributed by atoms with Crippen LogP contribution in [-0.4, -0.2) is 36.9 Å². The van der Waals surface area contributed by atoms with Crippen molar-refractivity contribution in [1.29, 1.82) is 0 Å². The first-order valence-corrected chi connectivity index (χ1v) is 6.80. The number of para-hydroxylation sites is 1. The van der Waals surface area contributed by atoms with E-state index in [1.807, 2.05) is 24.3 Å². The van der Waals surface area contributed by atoms with E-state index in [2.05, 4.69) is 0 Å². The fourth-order valence-corrected chi connectivity index (χ4v) is 2.53. The number of primary amides is 1. The van der Waals surface area contributed by atoms with Crippen LogP contribution in [0.1, 0.15) is 18.4 Å². The molecule has 1 aliphatic heterocycles. The average Bonchev–Trinajstić information content (AvgIpc) is 2.46. The second kappa shape index (κ2) is 6.41. The number of rotatable bonds is 5. The first kappa shape index (κ1) is 14.4.